The van der Waals surface area contributed by atoms with Crippen molar-refractivity contribution in [3.63, 3.8) is 0 Å². The summed E-state index contributed by atoms with van der Waals surface area (Å²) < 4.78 is 5.60. The van der Waals surface area contributed by atoms with E-state index in [0.29, 0.717) is 6.54 Å². The van der Waals surface area contributed by atoms with E-state index in [4.69, 9.17) is 10.00 Å². The zero-order chi connectivity index (χ0) is 7.73. The van der Waals surface area contributed by atoms with Gasteiger partial charge in [-0.2, -0.15) is 5.26 Å². The average Bonchev–Trinajstić information content (AvgIpc) is 2.70. The molecule has 0 unspecified atom stereocenters. The molecule has 1 aliphatic carbocycles. The molecular formula is C8H12N2O. The standard InChI is InChI=1S/C8H12N2O/c9-3-4-10-5-6-11-8(7-10)1-2-8/h1-2,4-7H2. The van der Waals surface area contributed by atoms with Crippen LogP contribution < -0.4 is 0 Å². The molecule has 0 N–H and O–H groups in total. The van der Waals surface area contributed by atoms with Gasteiger partial charge in [0, 0.05) is 13.1 Å². The smallest absolute Gasteiger partial charge is 0.0867 e. The first kappa shape index (κ1) is 7.08. The van der Waals surface area contributed by atoms with Gasteiger partial charge in [0.2, 0.25) is 0 Å². The maximum absolute atomic E-state index is 8.48. The first-order valence-corrected chi connectivity index (χ1v) is 4.08. The van der Waals surface area contributed by atoms with Crippen LogP contribution in [-0.2, 0) is 4.74 Å². The number of ether oxygens (including phenoxy) is 1. The Bertz CT molecular complexity index is 193. The van der Waals surface area contributed by atoms with E-state index in [1.807, 2.05) is 0 Å². The molecule has 0 aromatic carbocycles. The van der Waals surface area contributed by atoms with Crippen molar-refractivity contribution in [2.45, 2.75) is 18.4 Å². The van der Waals surface area contributed by atoms with Gasteiger partial charge in [0.15, 0.2) is 0 Å². The molecule has 0 aromatic rings. The molecule has 1 saturated carbocycles. The van der Waals surface area contributed by atoms with Gasteiger partial charge in [-0.1, -0.05) is 0 Å². The van der Waals surface area contributed by atoms with Crippen LogP contribution in [0.2, 0.25) is 0 Å². The highest BCUT2D eigenvalue weighted by Crippen LogP contribution is 2.41. The van der Waals surface area contributed by atoms with Crippen molar-refractivity contribution >= 4 is 0 Å². The van der Waals surface area contributed by atoms with Crippen molar-refractivity contribution in [1.29, 1.82) is 5.26 Å². The molecule has 11 heavy (non-hydrogen) atoms. The zero-order valence-corrected chi connectivity index (χ0v) is 6.55. The van der Waals surface area contributed by atoms with Gasteiger partial charge in [-0.15, -0.1) is 0 Å². The summed E-state index contributed by atoms with van der Waals surface area (Å²) in [6.07, 6.45) is 2.38. The molecule has 1 spiro atoms. The quantitative estimate of drug-likeness (QED) is 0.509. The largest absolute Gasteiger partial charge is 0.372 e. The summed E-state index contributed by atoms with van der Waals surface area (Å²) in [6, 6.07) is 2.17. The van der Waals surface area contributed by atoms with Crippen molar-refractivity contribution in [3.8, 4) is 6.07 Å². The second kappa shape index (κ2) is 2.47. The molecule has 60 valence electrons. The Morgan fingerprint density at radius 2 is 2.36 bits per heavy atom. The van der Waals surface area contributed by atoms with E-state index in [1.54, 1.807) is 0 Å². The number of nitriles is 1. The van der Waals surface area contributed by atoms with Crippen LogP contribution in [0.15, 0.2) is 0 Å². The fourth-order valence-electron chi connectivity index (χ4n) is 1.60. The topological polar surface area (TPSA) is 36.3 Å². The van der Waals surface area contributed by atoms with Gasteiger partial charge in [-0.25, -0.2) is 0 Å². The Kier molecular flexibility index (Phi) is 1.59. The minimum Gasteiger partial charge on any atom is -0.372 e. The van der Waals surface area contributed by atoms with Gasteiger partial charge in [-0.05, 0) is 12.8 Å². The third kappa shape index (κ3) is 1.37. The van der Waals surface area contributed by atoms with Crippen LogP contribution in [-0.4, -0.2) is 36.7 Å². The second-order valence-corrected chi connectivity index (χ2v) is 3.40. The summed E-state index contributed by atoms with van der Waals surface area (Å²) in [5, 5.41) is 8.48. The van der Waals surface area contributed by atoms with Crippen LogP contribution >= 0.6 is 0 Å². The van der Waals surface area contributed by atoms with Crippen molar-refractivity contribution in [2.75, 3.05) is 26.2 Å². The van der Waals surface area contributed by atoms with Crippen molar-refractivity contribution < 1.29 is 4.74 Å². The molecule has 3 heteroatoms. The van der Waals surface area contributed by atoms with Crippen LogP contribution in [0.5, 0.6) is 0 Å². The van der Waals surface area contributed by atoms with Gasteiger partial charge >= 0.3 is 0 Å². The lowest BCUT2D eigenvalue weighted by Gasteiger charge is -2.31. The minimum absolute atomic E-state index is 0.176. The van der Waals surface area contributed by atoms with Gasteiger partial charge in [0.1, 0.15) is 0 Å². The third-order valence-electron chi connectivity index (χ3n) is 2.43. The minimum atomic E-state index is 0.176. The molecule has 2 aliphatic rings. The number of hydrogen-bond acceptors (Lipinski definition) is 3. The Hall–Kier alpha value is -0.590. The highest BCUT2D eigenvalue weighted by molar-refractivity contribution is 5.01. The van der Waals surface area contributed by atoms with E-state index in [1.165, 1.54) is 12.8 Å². The molecule has 1 aliphatic heterocycles. The summed E-state index contributed by atoms with van der Waals surface area (Å²) >= 11 is 0. The summed E-state index contributed by atoms with van der Waals surface area (Å²) in [7, 11) is 0. The lowest BCUT2D eigenvalue weighted by molar-refractivity contribution is -0.0417. The highest BCUT2D eigenvalue weighted by atomic mass is 16.5. The van der Waals surface area contributed by atoms with Crippen LogP contribution in [0, 0.1) is 11.3 Å². The fraction of sp³-hybridized carbons (Fsp3) is 0.875. The van der Waals surface area contributed by atoms with E-state index in [9.17, 15) is 0 Å². The predicted molar refractivity (Wildman–Crippen MR) is 40.0 cm³/mol. The third-order valence-corrected chi connectivity index (χ3v) is 2.43. The number of morpholine rings is 1. The molecule has 3 nitrogen and oxygen atoms in total. The Labute approximate surface area is 66.5 Å². The Morgan fingerprint density at radius 1 is 1.55 bits per heavy atom. The van der Waals surface area contributed by atoms with Gasteiger partial charge in [0.05, 0.1) is 24.8 Å². The molecule has 0 atom stereocenters. The molecule has 0 bridgehead atoms. The molecule has 2 fully saturated rings. The lowest BCUT2D eigenvalue weighted by Crippen LogP contribution is -2.43. The highest BCUT2D eigenvalue weighted by Gasteiger charge is 2.47. The van der Waals surface area contributed by atoms with E-state index in [0.717, 1.165) is 19.7 Å². The first-order valence-electron chi connectivity index (χ1n) is 4.08. The molecule has 0 radical (unpaired) electrons. The van der Waals surface area contributed by atoms with Crippen LogP contribution in [0.25, 0.3) is 0 Å². The Morgan fingerprint density at radius 3 is 3.00 bits per heavy atom. The van der Waals surface area contributed by atoms with E-state index in [2.05, 4.69) is 11.0 Å². The number of hydrogen-bond donors (Lipinski definition) is 0. The second-order valence-electron chi connectivity index (χ2n) is 3.40. The normalized spacial score (nSPS) is 28.3. The van der Waals surface area contributed by atoms with Gasteiger partial charge in [0.25, 0.3) is 0 Å². The fourth-order valence-corrected chi connectivity index (χ4v) is 1.60. The first-order chi connectivity index (χ1) is 5.35. The number of rotatable bonds is 1. The lowest BCUT2D eigenvalue weighted by atomic mass is 10.2. The summed E-state index contributed by atoms with van der Waals surface area (Å²) in [4.78, 5) is 2.18. The number of nitrogens with zero attached hydrogens (tertiary/aromatic N) is 2. The van der Waals surface area contributed by atoms with Gasteiger partial charge < -0.3 is 4.74 Å². The maximum Gasteiger partial charge on any atom is 0.0867 e. The molecule has 1 saturated heterocycles. The Balaban J connectivity index is 1.89. The average molecular weight is 152 g/mol. The van der Waals surface area contributed by atoms with Crippen LogP contribution in [0.1, 0.15) is 12.8 Å². The van der Waals surface area contributed by atoms with Crippen molar-refractivity contribution in [3.05, 3.63) is 0 Å². The maximum atomic E-state index is 8.48. The summed E-state index contributed by atoms with van der Waals surface area (Å²) in [5.41, 5.74) is 0.176. The monoisotopic (exact) mass is 152 g/mol. The molecule has 1 heterocycles. The summed E-state index contributed by atoms with van der Waals surface area (Å²) in [5.74, 6) is 0. The van der Waals surface area contributed by atoms with E-state index in [-0.39, 0.29) is 5.60 Å². The van der Waals surface area contributed by atoms with E-state index >= 15 is 0 Å². The van der Waals surface area contributed by atoms with Gasteiger partial charge in [-0.3, -0.25) is 4.90 Å². The van der Waals surface area contributed by atoms with Crippen molar-refractivity contribution in [2.24, 2.45) is 0 Å². The predicted octanol–water partition coefficient (Wildman–Crippen LogP) is 0.375. The molecular weight excluding hydrogens is 140 g/mol. The van der Waals surface area contributed by atoms with E-state index < -0.39 is 0 Å². The molecule has 2 rings (SSSR count). The van der Waals surface area contributed by atoms with Crippen LogP contribution in [0.4, 0.5) is 0 Å². The molecule has 0 amide bonds. The zero-order valence-electron chi connectivity index (χ0n) is 6.55. The molecule has 0 aromatic heterocycles. The van der Waals surface area contributed by atoms with Crippen molar-refractivity contribution in [1.82, 2.24) is 4.90 Å². The van der Waals surface area contributed by atoms with Crippen LogP contribution in [0.3, 0.4) is 0 Å². The SMILES string of the molecule is N#CCN1CCOC2(CC2)C1. The summed E-state index contributed by atoms with van der Waals surface area (Å²) in [6.45, 7) is 3.27.